The molecule has 39 heavy (non-hydrogen) atoms. The molecule has 1 N–H and O–H groups in total. The maximum atomic E-state index is 13.8. The van der Waals surface area contributed by atoms with Gasteiger partial charge in [-0.2, -0.15) is 0 Å². The molecule has 2 aromatic heterocycles. The Balaban J connectivity index is 1.81. The number of anilines is 1. The number of carbonyl (C=O) groups excluding carboxylic acids is 3. The van der Waals surface area contributed by atoms with Gasteiger partial charge in [0.05, 0.1) is 28.9 Å². The summed E-state index contributed by atoms with van der Waals surface area (Å²) >= 11 is 0.999. The number of fused-ring (bicyclic) bond motifs is 1. The number of aryl methyl sites for hydroxylation is 2. The van der Waals surface area contributed by atoms with Gasteiger partial charge in [-0.05, 0) is 71.7 Å². The van der Waals surface area contributed by atoms with Gasteiger partial charge in [0, 0.05) is 10.9 Å². The summed E-state index contributed by atoms with van der Waals surface area (Å²) < 4.78 is 10.8. The summed E-state index contributed by atoms with van der Waals surface area (Å²) in [6.45, 7) is 12.8. The van der Waals surface area contributed by atoms with Gasteiger partial charge in [-0.3, -0.25) is 4.79 Å². The average molecular weight is 545 g/mol. The van der Waals surface area contributed by atoms with Crippen LogP contribution in [0.3, 0.4) is 0 Å². The van der Waals surface area contributed by atoms with Crippen molar-refractivity contribution in [3.05, 3.63) is 81.2 Å². The molecule has 0 atom stereocenters. The van der Waals surface area contributed by atoms with E-state index < -0.39 is 23.4 Å². The van der Waals surface area contributed by atoms with Gasteiger partial charge in [0.15, 0.2) is 0 Å². The number of esters is 2. The number of hydrogen-bond donors (Lipinski definition) is 1. The number of hydrogen-bond acceptors (Lipinski definition) is 7. The largest absolute Gasteiger partial charge is 0.462 e. The van der Waals surface area contributed by atoms with Gasteiger partial charge < -0.3 is 14.8 Å². The van der Waals surface area contributed by atoms with Crippen LogP contribution in [0.5, 0.6) is 0 Å². The zero-order valence-corrected chi connectivity index (χ0v) is 24.0. The highest BCUT2D eigenvalue weighted by molar-refractivity contribution is 7.18. The van der Waals surface area contributed by atoms with Crippen LogP contribution in [0, 0.1) is 20.8 Å². The summed E-state index contributed by atoms with van der Waals surface area (Å²) in [5.74, 6) is -1.61. The highest BCUT2D eigenvalue weighted by Crippen LogP contribution is 2.36. The van der Waals surface area contributed by atoms with E-state index >= 15 is 0 Å². The molecule has 0 spiro atoms. The highest BCUT2D eigenvalue weighted by Gasteiger charge is 2.30. The van der Waals surface area contributed by atoms with E-state index in [4.69, 9.17) is 14.5 Å². The van der Waals surface area contributed by atoms with Crippen molar-refractivity contribution in [1.29, 1.82) is 0 Å². The van der Waals surface area contributed by atoms with Crippen molar-refractivity contribution in [2.24, 2.45) is 0 Å². The lowest BCUT2D eigenvalue weighted by Gasteiger charge is -2.19. The third kappa shape index (κ3) is 6.01. The molecule has 0 saturated heterocycles. The van der Waals surface area contributed by atoms with Crippen molar-refractivity contribution in [1.82, 2.24) is 4.98 Å². The minimum atomic E-state index is -0.721. The second kappa shape index (κ2) is 11.0. The van der Waals surface area contributed by atoms with Crippen LogP contribution in [0.25, 0.3) is 22.2 Å². The van der Waals surface area contributed by atoms with Crippen molar-refractivity contribution in [3.63, 3.8) is 0 Å². The molecule has 1 amide bonds. The van der Waals surface area contributed by atoms with Crippen molar-refractivity contribution in [2.45, 2.75) is 54.1 Å². The molecular weight excluding hydrogens is 512 g/mol. The number of nitrogens with zero attached hydrogens (tertiary/aromatic N) is 1. The standard InChI is InChI=1S/C31H32N2O5S/c1-8-37-29(35)25-19(4)26(30(36)38-31(5,6)7)39-28(25)33-27(34)22-16-24(20-14-13-17(2)15-18(20)3)32-23-12-10-9-11-21(22)23/h9-16H,8H2,1-7H3,(H,33,34). The second-order valence-corrected chi connectivity index (χ2v) is 11.3. The summed E-state index contributed by atoms with van der Waals surface area (Å²) in [7, 11) is 0. The molecule has 4 rings (SSSR count). The van der Waals surface area contributed by atoms with Crippen molar-refractivity contribution >= 4 is 45.1 Å². The Morgan fingerprint density at radius 1 is 0.974 bits per heavy atom. The van der Waals surface area contributed by atoms with Crippen LogP contribution in [0.1, 0.15) is 74.8 Å². The van der Waals surface area contributed by atoms with Crippen molar-refractivity contribution < 1.29 is 23.9 Å². The van der Waals surface area contributed by atoms with Crippen LogP contribution in [-0.4, -0.2) is 35.0 Å². The van der Waals surface area contributed by atoms with Gasteiger partial charge in [0.2, 0.25) is 0 Å². The second-order valence-electron chi connectivity index (χ2n) is 10.3. The first kappa shape index (κ1) is 28.0. The third-order valence-electron chi connectivity index (χ3n) is 6.06. The molecule has 0 unspecified atom stereocenters. The molecule has 0 radical (unpaired) electrons. The summed E-state index contributed by atoms with van der Waals surface area (Å²) in [6, 6.07) is 15.3. The molecule has 0 fully saturated rings. The van der Waals surface area contributed by atoms with Crippen LogP contribution < -0.4 is 5.32 Å². The van der Waals surface area contributed by atoms with Gasteiger partial charge >= 0.3 is 11.9 Å². The number of aromatic nitrogens is 1. The first-order chi connectivity index (χ1) is 18.4. The SMILES string of the molecule is CCOC(=O)c1c(NC(=O)c2cc(-c3ccc(C)cc3C)nc3ccccc23)sc(C(=O)OC(C)(C)C)c1C. The Hall–Kier alpha value is -4.04. The number of ether oxygens (including phenoxy) is 2. The van der Waals surface area contributed by atoms with Gasteiger partial charge in [0.1, 0.15) is 15.5 Å². The lowest BCUT2D eigenvalue weighted by Crippen LogP contribution is -2.23. The normalized spacial score (nSPS) is 11.4. The van der Waals surface area contributed by atoms with Crippen LogP contribution in [0.4, 0.5) is 5.00 Å². The van der Waals surface area contributed by atoms with E-state index in [2.05, 4.69) is 11.4 Å². The van der Waals surface area contributed by atoms with E-state index in [0.717, 1.165) is 28.0 Å². The predicted octanol–water partition coefficient (Wildman–Crippen LogP) is 7.27. The molecule has 2 heterocycles. The number of thiophene rings is 1. The van der Waals surface area contributed by atoms with Crippen LogP contribution in [0.15, 0.2) is 48.5 Å². The minimum absolute atomic E-state index is 0.143. The fourth-order valence-corrected chi connectivity index (χ4v) is 5.41. The first-order valence-corrected chi connectivity index (χ1v) is 13.5. The molecule has 0 aliphatic heterocycles. The summed E-state index contributed by atoms with van der Waals surface area (Å²) in [5, 5.41) is 3.78. The quantitative estimate of drug-likeness (QED) is 0.257. The zero-order valence-electron chi connectivity index (χ0n) is 23.2. The number of para-hydroxylation sites is 1. The number of rotatable bonds is 6. The van der Waals surface area contributed by atoms with Crippen molar-refractivity contribution in [3.8, 4) is 11.3 Å². The van der Waals surface area contributed by atoms with E-state index in [1.54, 1.807) is 40.7 Å². The number of carbonyl (C=O) groups is 3. The fourth-order valence-electron chi connectivity index (χ4n) is 4.34. The number of benzene rings is 2. The fraction of sp³-hybridized carbons (Fsp3) is 0.290. The lowest BCUT2D eigenvalue weighted by molar-refractivity contribution is 0.00743. The number of amides is 1. The van der Waals surface area contributed by atoms with Crippen LogP contribution in [-0.2, 0) is 9.47 Å². The third-order valence-corrected chi connectivity index (χ3v) is 7.24. The van der Waals surface area contributed by atoms with E-state index in [1.807, 2.05) is 50.2 Å². The maximum absolute atomic E-state index is 13.8. The predicted molar refractivity (Wildman–Crippen MR) is 155 cm³/mol. The molecule has 8 heteroatoms. The van der Waals surface area contributed by atoms with Gasteiger partial charge in [0.25, 0.3) is 5.91 Å². The maximum Gasteiger partial charge on any atom is 0.349 e. The van der Waals surface area contributed by atoms with E-state index in [1.165, 1.54) is 0 Å². The first-order valence-electron chi connectivity index (χ1n) is 12.7. The van der Waals surface area contributed by atoms with Crippen LogP contribution in [0.2, 0.25) is 0 Å². The average Bonchev–Trinajstić information content (AvgIpc) is 3.18. The Labute approximate surface area is 232 Å². The molecule has 0 aliphatic carbocycles. The Morgan fingerprint density at radius 3 is 2.36 bits per heavy atom. The molecule has 7 nitrogen and oxygen atoms in total. The smallest absolute Gasteiger partial charge is 0.349 e. The molecular formula is C31H32N2O5S. The van der Waals surface area contributed by atoms with Gasteiger partial charge in [-0.1, -0.05) is 42.0 Å². The summed E-state index contributed by atoms with van der Waals surface area (Å²) in [5.41, 5.74) is 4.66. The highest BCUT2D eigenvalue weighted by atomic mass is 32.1. The Morgan fingerprint density at radius 2 is 1.69 bits per heavy atom. The summed E-state index contributed by atoms with van der Waals surface area (Å²) in [4.78, 5) is 44.7. The molecule has 0 aliphatic rings. The topological polar surface area (TPSA) is 94.6 Å². The molecule has 202 valence electrons. The Kier molecular flexibility index (Phi) is 7.88. The minimum Gasteiger partial charge on any atom is -0.462 e. The molecule has 2 aromatic carbocycles. The zero-order chi connectivity index (χ0) is 28.5. The van der Waals surface area contributed by atoms with Crippen molar-refractivity contribution in [2.75, 3.05) is 11.9 Å². The monoisotopic (exact) mass is 544 g/mol. The molecule has 0 bridgehead atoms. The molecule has 0 saturated carbocycles. The number of pyridine rings is 1. The van der Waals surface area contributed by atoms with E-state index in [-0.39, 0.29) is 22.0 Å². The van der Waals surface area contributed by atoms with E-state index in [9.17, 15) is 14.4 Å². The molecule has 4 aromatic rings. The van der Waals surface area contributed by atoms with E-state index in [0.29, 0.717) is 27.7 Å². The summed E-state index contributed by atoms with van der Waals surface area (Å²) in [6.07, 6.45) is 0. The lowest BCUT2D eigenvalue weighted by atomic mass is 9.99. The van der Waals surface area contributed by atoms with Gasteiger partial charge in [-0.25, -0.2) is 14.6 Å². The Bertz CT molecular complexity index is 1600. The number of nitrogens with one attached hydrogen (secondary N) is 1. The van der Waals surface area contributed by atoms with Gasteiger partial charge in [-0.15, -0.1) is 11.3 Å². The van der Waals surface area contributed by atoms with Crippen LogP contribution >= 0.6 is 11.3 Å².